The molecule has 1 aliphatic heterocycles. The van der Waals surface area contributed by atoms with Crippen molar-refractivity contribution >= 4 is 33.4 Å². The summed E-state index contributed by atoms with van der Waals surface area (Å²) in [6, 6.07) is 4.05. The van der Waals surface area contributed by atoms with Crippen molar-refractivity contribution in [3.8, 4) is 5.75 Å². The fourth-order valence-electron chi connectivity index (χ4n) is 2.89. The lowest BCUT2D eigenvalue weighted by molar-refractivity contribution is -0.147. The Morgan fingerprint density at radius 2 is 1.97 bits per heavy atom. The number of hydrogen-bond acceptors (Lipinski definition) is 8. The summed E-state index contributed by atoms with van der Waals surface area (Å²) in [5, 5.41) is 8.98. The highest BCUT2D eigenvalue weighted by molar-refractivity contribution is 7.99. The van der Waals surface area contributed by atoms with Gasteiger partial charge in [0.25, 0.3) is 0 Å². The van der Waals surface area contributed by atoms with Crippen molar-refractivity contribution < 1.29 is 35.9 Å². The summed E-state index contributed by atoms with van der Waals surface area (Å²) < 4.78 is 76.5. The SMILES string of the molecule is COc1ccc(S(=O)(=O)N2CCOCC2)cc1NC(=O)CSc1nnc(C(F)(F)F)n1C. The average molecular weight is 496 g/mol. The Bertz CT molecular complexity index is 1080. The molecule has 10 nitrogen and oxygen atoms in total. The van der Waals surface area contributed by atoms with E-state index >= 15 is 0 Å². The molecule has 2 aromatic rings. The summed E-state index contributed by atoms with van der Waals surface area (Å²) in [5.41, 5.74) is 0.112. The van der Waals surface area contributed by atoms with Gasteiger partial charge in [-0.2, -0.15) is 17.5 Å². The number of benzene rings is 1. The van der Waals surface area contributed by atoms with Gasteiger partial charge in [0.05, 0.1) is 36.7 Å². The van der Waals surface area contributed by atoms with Crippen LogP contribution in [0.4, 0.5) is 18.9 Å². The van der Waals surface area contributed by atoms with Crippen molar-refractivity contribution in [1.29, 1.82) is 0 Å². The molecule has 32 heavy (non-hydrogen) atoms. The van der Waals surface area contributed by atoms with E-state index in [0.717, 1.165) is 23.4 Å². The Morgan fingerprint density at radius 3 is 2.56 bits per heavy atom. The molecule has 3 rings (SSSR count). The Hall–Kier alpha value is -2.36. The molecule has 0 bridgehead atoms. The number of hydrogen-bond donors (Lipinski definition) is 1. The van der Waals surface area contributed by atoms with Crippen molar-refractivity contribution in [3.05, 3.63) is 24.0 Å². The number of sulfonamides is 1. The third-order valence-electron chi connectivity index (χ3n) is 4.47. The summed E-state index contributed by atoms with van der Waals surface area (Å²) in [4.78, 5) is 12.4. The van der Waals surface area contributed by atoms with E-state index in [-0.39, 0.29) is 53.5 Å². The van der Waals surface area contributed by atoms with Gasteiger partial charge in [0.15, 0.2) is 5.16 Å². The molecule has 15 heteroatoms. The number of nitrogens with one attached hydrogen (secondary N) is 1. The Kier molecular flexibility index (Phi) is 7.32. The molecule has 1 aromatic carbocycles. The molecule has 1 aliphatic rings. The van der Waals surface area contributed by atoms with Crippen molar-refractivity contribution in [3.63, 3.8) is 0 Å². The number of aromatic nitrogens is 3. The topological polar surface area (TPSA) is 116 Å². The second-order valence-corrected chi connectivity index (χ2v) is 9.46. The Balaban J connectivity index is 1.73. The molecular formula is C17H20F3N5O5S2. The van der Waals surface area contributed by atoms with E-state index < -0.39 is 27.9 Å². The highest BCUT2D eigenvalue weighted by Crippen LogP contribution is 2.31. The number of thioether (sulfide) groups is 1. The Morgan fingerprint density at radius 1 is 1.28 bits per heavy atom. The first-order valence-corrected chi connectivity index (χ1v) is 11.6. The largest absolute Gasteiger partial charge is 0.495 e. The van der Waals surface area contributed by atoms with Gasteiger partial charge in [-0.3, -0.25) is 4.79 Å². The van der Waals surface area contributed by atoms with Gasteiger partial charge >= 0.3 is 6.18 Å². The van der Waals surface area contributed by atoms with Crippen LogP contribution in [0.15, 0.2) is 28.3 Å². The predicted octanol–water partition coefficient (Wildman–Crippen LogP) is 1.59. The van der Waals surface area contributed by atoms with Crippen molar-refractivity contribution in [1.82, 2.24) is 19.1 Å². The first-order chi connectivity index (χ1) is 15.0. The number of halogens is 3. The number of anilines is 1. The van der Waals surface area contributed by atoms with Crippen LogP contribution in [0.2, 0.25) is 0 Å². The van der Waals surface area contributed by atoms with Gasteiger partial charge < -0.3 is 19.4 Å². The smallest absolute Gasteiger partial charge is 0.451 e. The zero-order valence-corrected chi connectivity index (χ0v) is 18.7. The summed E-state index contributed by atoms with van der Waals surface area (Å²) in [5.74, 6) is -1.83. The normalized spacial score (nSPS) is 15.5. The number of ether oxygens (including phenoxy) is 2. The number of morpholine rings is 1. The van der Waals surface area contributed by atoms with Gasteiger partial charge in [-0.15, -0.1) is 10.2 Å². The highest BCUT2D eigenvalue weighted by atomic mass is 32.2. The average Bonchev–Trinajstić information content (AvgIpc) is 3.13. The van der Waals surface area contributed by atoms with Gasteiger partial charge in [0, 0.05) is 20.1 Å². The lowest BCUT2D eigenvalue weighted by atomic mass is 10.3. The molecule has 1 aromatic heterocycles. The molecule has 1 N–H and O–H groups in total. The minimum absolute atomic E-state index is 0.0359. The fourth-order valence-corrected chi connectivity index (χ4v) is 5.03. The number of alkyl halides is 3. The number of carbonyl (C=O) groups excluding carboxylic acids is 1. The van der Waals surface area contributed by atoms with Crippen LogP contribution in [0.3, 0.4) is 0 Å². The molecule has 2 heterocycles. The van der Waals surface area contributed by atoms with Crippen LogP contribution in [-0.4, -0.2) is 72.6 Å². The lowest BCUT2D eigenvalue weighted by Crippen LogP contribution is -2.40. The van der Waals surface area contributed by atoms with E-state index in [1.165, 1.54) is 29.6 Å². The van der Waals surface area contributed by atoms with Crippen LogP contribution in [0, 0.1) is 0 Å². The number of rotatable bonds is 7. The van der Waals surface area contributed by atoms with E-state index in [1.807, 2.05) is 0 Å². The molecule has 0 saturated carbocycles. The highest BCUT2D eigenvalue weighted by Gasteiger charge is 2.37. The van der Waals surface area contributed by atoms with E-state index in [4.69, 9.17) is 9.47 Å². The van der Waals surface area contributed by atoms with Gasteiger partial charge in [-0.1, -0.05) is 11.8 Å². The van der Waals surface area contributed by atoms with Crippen LogP contribution in [0.25, 0.3) is 0 Å². The van der Waals surface area contributed by atoms with E-state index in [1.54, 1.807) is 0 Å². The fraction of sp³-hybridized carbons (Fsp3) is 0.471. The zero-order chi connectivity index (χ0) is 23.5. The molecule has 0 spiro atoms. The lowest BCUT2D eigenvalue weighted by Gasteiger charge is -2.26. The summed E-state index contributed by atoms with van der Waals surface area (Å²) >= 11 is 0.753. The summed E-state index contributed by atoms with van der Waals surface area (Å²) in [7, 11) is -1.30. The van der Waals surface area contributed by atoms with Crippen LogP contribution in [0.5, 0.6) is 5.75 Å². The molecule has 0 radical (unpaired) electrons. The Labute approximate surface area is 186 Å². The maximum Gasteiger partial charge on any atom is 0.451 e. The van der Waals surface area contributed by atoms with Crippen LogP contribution < -0.4 is 10.1 Å². The molecule has 0 aliphatic carbocycles. The monoisotopic (exact) mass is 495 g/mol. The van der Waals surface area contributed by atoms with Gasteiger partial charge in [-0.25, -0.2) is 8.42 Å². The first-order valence-electron chi connectivity index (χ1n) is 9.19. The second kappa shape index (κ2) is 9.64. The molecule has 176 valence electrons. The van der Waals surface area contributed by atoms with E-state index in [2.05, 4.69) is 15.5 Å². The van der Waals surface area contributed by atoms with Crippen molar-refractivity contribution in [2.45, 2.75) is 16.2 Å². The number of carbonyl (C=O) groups is 1. The number of nitrogens with zero attached hydrogens (tertiary/aromatic N) is 4. The maximum atomic E-state index is 12.9. The third-order valence-corrected chi connectivity index (χ3v) is 7.39. The van der Waals surface area contributed by atoms with E-state index in [9.17, 15) is 26.4 Å². The maximum absolute atomic E-state index is 12.9. The van der Waals surface area contributed by atoms with Gasteiger partial charge in [0.2, 0.25) is 21.8 Å². The van der Waals surface area contributed by atoms with Gasteiger partial charge in [-0.05, 0) is 18.2 Å². The minimum atomic E-state index is -4.66. The van der Waals surface area contributed by atoms with Crippen LogP contribution in [-0.2, 0) is 32.8 Å². The van der Waals surface area contributed by atoms with Crippen molar-refractivity contribution in [2.75, 3.05) is 44.5 Å². The quantitative estimate of drug-likeness (QED) is 0.576. The molecule has 1 saturated heterocycles. The second-order valence-electron chi connectivity index (χ2n) is 6.58. The number of amides is 1. The molecular weight excluding hydrogens is 475 g/mol. The standard InChI is InChI=1S/C17H20F3N5O5S2/c1-24-15(17(18,19)20)22-23-16(24)31-10-14(26)21-12-9-11(3-4-13(12)29-2)32(27,28)25-5-7-30-8-6-25/h3-4,9H,5-8,10H2,1-2H3,(H,21,26). The molecule has 1 amide bonds. The van der Waals surface area contributed by atoms with Crippen LogP contribution in [0.1, 0.15) is 5.82 Å². The summed E-state index contributed by atoms with van der Waals surface area (Å²) in [6.07, 6.45) is -4.66. The molecule has 1 fully saturated rings. The number of methoxy groups -OCH3 is 1. The summed E-state index contributed by atoms with van der Waals surface area (Å²) in [6.45, 7) is 0.997. The first kappa shape index (κ1) is 24.3. The zero-order valence-electron chi connectivity index (χ0n) is 17.0. The van der Waals surface area contributed by atoms with E-state index in [0.29, 0.717) is 0 Å². The molecule has 0 unspecified atom stereocenters. The van der Waals surface area contributed by atoms with Gasteiger partial charge in [0.1, 0.15) is 5.75 Å². The van der Waals surface area contributed by atoms with Crippen molar-refractivity contribution in [2.24, 2.45) is 7.05 Å². The third kappa shape index (κ3) is 5.33. The minimum Gasteiger partial charge on any atom is -0.495 e. The molecule has 0 atom stereocenters. The van der Waals surface area contributed by atoms with Crippen LogP contribution >= 0.6 is 11.8 Å². The predicted molar refractivity (Wildman–Crippen MR) is 108 cm³/mol.